The molecule has 7 aromatic carbocycles. The zero-order valence-electron chi connectivity index (χ0n) is 23.7. The summed E-state index contributed by atoms with van der Waals surface area (Å²) in [6, 6.07) is 51.6. The van der Waals surface area contributed by atoms with Crippen molar-refractivity contribution >= 4 is 32.3 Å². The van der Waals surface area contributed by atoms with E-state index in [1.165, 1.54) is 43.4 Å². The summed E-state index contributed by atoms with van der Waals surface area (Å²) in [7, 11) is 0. The van der Waals surface area contributed by atoms with Gasteiger partial charge in [0.1, 0.15) is 5.82 Å². The van der Waals surface area contributed by atoms with Crippen LogP contribution >= 0.6 is 0 Å². The van der Waals surface area contributed by atoms with Gasteiger partial charge in [0.2, 0.25) is 0 Å². The summed E-state index contributed by atoms with van der Waals surface area (Å²) < 4.78 is 0. The van der Waals surface area contributed by atoms with Gasteiger partial charge in [-0.25, -0.2) is 15.0 Å². The summed E-state index contributed by atoms with van der Waals surface area (Å²) in [5, 5.41) is 7.71. The molecule has 0 bridgehead atoms. The molecule has 0 spiro atoms. The van der Waals surface area contributed by atoms with Gasteiger partial charge in [0.15, 0.2) is 11.6 Å². The molecule has 0 unspecified atom stereocenters. The molecule has 0 aliphatic carbocycles. The van der Waals surface area contributed by atoms with E-state index in [-0.39, 0.29) is 0 Å². The Morgan fingerprint density at radius 3 is 1.33 bits per heavy atom. The minimum absolute atomic E-state index is 0.679. The second-order valence-corrected chi connectivity index (χ2v) is 10.9. The van der Waals surface area contributed by atoms with Crippen LogP contribution in [0.15, 0.2) is 146 Å². The van der Waals surface area contributed by atoms with Crippen molar-refractivity contribution in [2.75, 3.05) is 0 Å². The second-order valence-electron chi connectivity index (χ2n) is 10.9. The van der Waals surface area contributed by atoms with E-state index in [2.05, 4.69) is 125 Å². The van der Waals surface area contributed by atoms with Crippen molar-refractivity contribution < 1.29 is 0 Å². The SMILES string of the molecule is Cc1nc(-c2ccccc2)nc(-c2cccc(-c3cccc(-c4ccc5c6ccccc6c6ccccc6c5c4)c3)c2)n1. The number of aromatic nitrogens is 3. The Hall–Kier alpha value is -5.67. The Labute approximate surface area is 250 Å². The van der Waals surface area contributed by atoms with Crippen molar-refractivity contribution in [1.29, 1.82) is 0 Å². The molecule has 0 amide bonds. The maximum atomic E-state index is 4.83. The van der Waals surface area contributed by atoms with Gasteiger partial charge in [0.05, 0.1) is 0 Å². The Bertz CT molecular complexity index is 2270. The van der Waals surface area contributed by atoms with E-state index in [1.807, 2.05) is 37.3 Å². The highest BCUT2D eigenvalue weighted by molar-refractivity contribution is 6.25. The fourth-order valence-corrected chi connectivity index (χ4v) is 6.13. The zero-order chi connectivity index (χ0) is 28.8. The molecule has 0 fully saturated rings. The molecule has 0 radical (unpaired) electrons. The molecule has 3 nitrogen and oxygen atoms in total. The molecular formula is C40H27N3. The third kappa shape index (κ3) is 4.52. The van der Waals surface area contributed by atoms with Crippen LogP contribution in [0.4, 0.5) is 0 Å². The average Bonchev–Trinajstić information content (AvgIpc) is 3.08. The van der Waals surface area contributed by atoms with Crippen LogP contribution in [0.2, 0.25) is 0 Å². The maximum absolute atomic E-state index is 4.83. The van der Waals surface area contributed by atoms with E-state index in [0.717, 1.165) is 22.3 Å². The molecule has 8 rings (SSSR count). The number of hydrogen-bond acceptors (Lipinski definition) is 3. The van der Waals surface area contributed by atoms with E-state index in [9.17, 15) is 0 Å². The molecule has 202 valence electrons. The quantitative estimate of drug-likeness (QED) is 0.205. The molecule has 3 heteroatoms. The van der Waals surface area contributed by atoms with Crippen LogP contribution in [0.5, 0.6) is 0 Å². The van der Waals surface area contributed by atoms with Gasteiger partial charge in [-0.05, 0) is 79.7 Å². The zero-order valence-corrected chi connectivity index (χ0v) is 23.7. The lowest BCUT2D eigenvalue weighted by Crippen LogP contribution is -1.99. The van der Waals surface area contributed by atoms with Crippen molar-refractivity contribution in [1.82, 2.24) is 15.0 Å². The van der Waals surface area contributed by atoms with Crippen LogP contribution in [0, 0.1) is 6.92 Å². The van der Waals surface area contributed by atoms with Crippen molar-refractivity contribution in [3.8, 4) is 45.0 Å². The highest BCUT2D eigenvalue weighted by atomic mass is 15.0. The summed E-state index contributed by atoms with van der Waals surface area (Å²) in [4.78, 5) is 14.1. The molecule has 0 saturated carbocycles. The average molecular weight is 550 g/mol. The van der Waals surface area contributed by atoms with E-state index in [0.29, 0.717) is 17.5 Å². The Balaban J connectivity index is 1.21. The van der Waals surface area contributed by atoms with Crippen molar-refractivity contribution in [3.63, 3.8) is 0 Å². The Morgan fingerprint density at radius 2 is 0.721 bits per heavy atom. The minimum Gasteiger partial charge on any atom is -0.213 e. The predicted molar refractivity (Wildman–Crippen MR) is 179 cm³/mol. The van der Waals surface area contributed by atoms with Crippen LogP contribution < -0.4 is 0 Å². The topological polar surface area (TPSA) is 38.7 Å². The number of aryl methyl sites for hydroxylation is 1. The molecule has 1 heterocycles. The van der Waals surface area contributed by atoms with E-state index < -0.39 is 0 Å². The van der Waals surface area contributed by atoms with Crippen molar-refractivity contribution in [3.05, 3.63) is 151 Å². The molecule has 1 aromatic heterocycles. The molecule has 0 N–H and O–H groups in total. The number of nitrogens with zero attached hydrogens (tertiary/aromatic N) is 3. The summed E-state index contributed by atoms with van der Waals surface area (Å²) >= 11 is 0. The first-order chi connectivity index (χ1) is 21.2. The van der Waals surface area contributed by atoms with Gasteiger partial charge in [-0.15, -0.1) is 0 Å². The van der Waals surface area contributed by atoms with Gasteiger partial charge in [-0.2, -0.15) is 0 Å². The highest BCUT2D eigenvalue weighted by Crippen LogP contribution is 2.37. The van der Waals surface area contributed by atoms with E-state index in [4.69, 9.17) is 4.98 Å². The number of benzene rings is 7. The van der Waals surface area contributed by atoms with Crippen LogP contribution in [-0.2, 0) is 0 Å². The molecule has 8 aromatic rings. The summed E-state index contributed by atoms with van der Waals surface area (Å²) in [6.45, 7) is 1.92. The second kappa shape index (κ2) is 10.3. The molecule has 43 heavy (non-hydrogen) atoms. The number of rotatable bonds is 4. The van der Waals surface area contributed by atoms with Crippen molar-refractivity contribution in [2.45, 2.75) is 6.92 Å². The van der Waals surface area contributed by atoms with Gasteiger partial charge < -0.3 is 0 Å². The first-order valence-corrected chi connectivity index (χ1v) is 14.5. The standard InChI is InChI=1S/C40H27N3/c1-26-41-39(27-11-3-2-4-12-27)43-40(42-26)32-16-10-15-30(24-32)28-13-9-14-29(23-28)31-21-22-37-35-19-6-5-17-33(35)34-18-7-8-20-36(34)38(37)25-31/h2-25H,1H3. The van der Waals surface area contributed by atoms with Crippen LogP contribution in [0.3, 0.4) is 0 Å². The van der Waals surface area contributed by atoms with Gasteiger partial charge >= 0.3 is 0 Å². The summed E-state index contributed by atoms with van der Waals surface area (Å²) in [5.41, 5.74) is 6.60. The normalized spacial score (nSPS) is 11.4. The lowest BCUT2D eigenvalue weighted by Gasteiger charge is -2.13. The summed E-state index contributed by atoms with van der Waals surface area (Å²) in [6.07, 6.45) is 0. The van der Waals surface area contributed by atoms with Gasteiger partial charge in [0.25, 0.3) is 0 Å². The molecule has 0 aliphatic heterocycles. The molecule has 0 atom stereocenters. The molecule has 0 saturated heterocycles. The highest BCUT2D eigenvalue weighted by Gasteiger charge is 2.12. The predicted octanol–water partition coefficient (Wildman–Crippen LogP) is 10.3. The number of fused-ring (bicyclic) bond motifs is 6. The fourth-order valence-electron chi connectivity index (χ4n) is 6.13. The number of hydrogen-bond donors (Lipinski definition) is 0. The van der Waals surface area contributed by atoms with Crippen LogP contribution in [0.25, 0.3) is 77.3 Å². The largest absolute Gasteiger partial charge is 0.213 e. The maximum Gasteiger partial charge on any atom is 0.163 e. The molecule has 0 aliphatic rings. The van der Waals surface area contributed by atoms with Gasteiger partial charge in [0, 0.05) is 11.1 Å². The minimum atomic E-state index is 0.679. The Morgan fingerprint density at radius 1 is 0.302 bits per heavy atom. The lowest BCUT2D eigenvalue weighted by atomic mass is 9.91. The van der Waals surface area contributed by atoms with Gasteiger partial charge in [-0.1, -0.05) is 127 Å². The van der Waals surface area contributed by atoms with Crippen LogP contribution in [0.1, 0.15) is 5.82 Å². The van der Waals surface area contributed by atoms with Crippen molar-refractivity contribution in [2.24, 2.45) is 0 Å². The lowest BCUT2D eigenvalue weighted by molar-refractivity contribution is 0.992. The Kier molecular flexibility index (Phi) is 6.01. The molecular weight excluding hydrogens is 522 g/mol. The van der Waals surface area contributed by atoms with Gasteiger partial charge in [-0.3, -0.25) is 0 Å². The fraction of sp³-hybridized carbons (Fsp3) is 0.0250. The van der Waals surface area contributed by atoms with E-state index >= 15 is 0 Å². The third-order valence-corrected chi connectivity index (χ3v) is 8.17. The first-order valence-electron chi connectivity index (χ1n) is 14.5. The van der Waals surface area contributed by atoms with E-state index in [1.54, 1.807) is 0 Å². The summed E-state index contributed by atoms with van der Waals surface area (Å²) in [5.74, 6) is 2.07. The smallest absolute Gasteiger partial charge is 0.163 e. The first kappa shape index (κ1) is 25.1. The monoisotopic (exact) mass is 549 g/mol. The third-order valence-electron chi connectivity index (χ3n) is 8.17. The van der Waals surface area contributed by atoms with Crippen LogP contribution in [-0.4, -0.2) is 15.0 Å².